The second kappa shape index (κ2) is 13.3. The SMILES string of the molecule is CCNC(=O)[C@@H](C)N(Cc1cccc(C)c1)C(=O)CN(c1ccc(F)cc1)S(=O)(=O)c1ccc(OC)c(OC)c1. The van der Waals surface area contributed by atoms with Gasteiger partial charge in [0.05, 0.1) is 24.8 Å². The predicted octanol–water partition coefficient (Wildman–Crippen LogP) is 3.90. The minimum atomic E-state index is -4.36. The lowest BCUT2D eigenvalue weighted by Gasteiger charge is -2.32. The van der Waals surface area contributed by atoms with Crippen molar-refractivity contribution >= 4 is 27.5 Å². The van der Waals surface area contributed by atoms with E-state index in [1.807, 2.05) is 31.2 Å². The number of aryl methyl sites for hydroxylation is 1. The fourth-order valence-corrected chi connectivity index (χ4v) is 5.58. The zero-order valence-corrected chi connectivity index (χ0v) is 24.0. The van der Waals surface area contributed by atoms with E-state index in [2.05, 4.69) is 5.32 Å². The molecule has 0 aliphatic rings. The number of benzene rings is 3. The first-order valence-electron chi connectivity index (χ1n) is 12.6. The van der Waals surface area contributed by atoms with Gasteiger partial charge in [-0.2, -0.15) is 0 Å². The highest BCUT2D eigenvalue weighted by Crippen LogP contribution is 2.32. The Morgan fingerprint density at radius 1 is 0.975 bits per heavy atom. The average molecular weight is 572 g/mol. The van der Waals surface area contributed by atoms with Crippen LogP contribution in [0.3, 0.4) is 0 Å². The largest absolute Gasteiger partial charge is 0.493 e. The van der Waals surface area contributed by atoms with E-state index in [9.17, 15) is 22.4 Å². The molecule has 3 aromatic rings. The average Bonchev–Trinajstić information content (AvgIpc) is 2.94. The van der Waals surface area contributed by atoms with Crippen LogP contribution in [0.5, 0.6) is 11.5 Å². The summed E-state index contributed by atoms with van der Waals surface area (Å²) in [5.41, 5.74) is 1.82. The standard InChI is InChI=1S/C29H34FN3O6S/c1-6-31-29(35)21(3)32(18-22-9-7-8-20(2)16-22)28(34)19-33(24-12-10-23(30)11-13-24)40(36,37)25-14-15-26(38-4)27(17-25)39-5/h7-17,21H,6,18-19H2,1-5H3,(H,31,35)/t21-/m1/s1. The normalized spacial score (nSPS) is 11.8. The molecule has 3 aromatic carbocycles. The molecule has 0 bridgehead atoms. The van der Waals surface area contributed by atoms with Crippen LogP contribution in [-0.4, -0.2) is 58.5 Å². The van der Waals surface area contributed by atoms with Gasteiger partial charge >= 0.3 is 0 Å². The lowest BCUT2D eigenvalue weighted by atomic mass is 10.1. The van der Waals surface area contributed by atoms with Crippen molar-refractivity contribution < 1.29 is 31.9 Å². The number of likely N-dealkylation sites (N-methyl/N-ethyl adjacent to an activating group) is 1. The molecular weight excluding hydrogens is 537 g/mol. The summed E-state index contributed by atoms with van der Waals surface area (Å²) in [4.78, 5) is 27.8. The Kier molecular flexibility index (Phi) is 10.1. The molecular formula is C29H34FN3O6S. The molecule has 2 amide bonds. The number of ether oxygens (including phenoxy) is 2. The minimum Gasteiger partial charge on any atom is -0.493 e. The number of hydrogen-bond donors (Lipinski definition) is 1. The van der Waals surface area contributed by atoms with Gasteiger partial charge in [-0.15, -0.1) is 0 Å². The van der Waals surface area contributed by atoms with E-state index in [4.69, 9.17) is 9.47 Å². The first-order valence-corrected chi connectivity index (χ1v) is 14.1. The lowest BCUT2D eigenvalue weighted by Crippen LogP contribution is -2.51. The van der Waals surface area contributed by atoms with Crippen LogP contribution >= 0.6 is 0 Å². The van der Waals surface area contributed by atoms with Crippen molar-refractivity contribution in [3.05, 3.63) is 83.7 Å². The molecule has 11 heteroatoms. The van der Waals surface area contributed by atoms with Crippen LogP contribution in [-0.2, 0) is 26.2 Å². The number of carbonyl (C=O) groups excluding carboxylic acids is 2. The summed E-state index contributed by atoms with van der Waals surface area (Å²) < 4.78 is 53.0. The number of carbonyl (C=O) groups is 2. The quantitative estimate of drug-likeness (QED) is 0.354. The first-order chi connectivity index (χ1) is 19.0. The molecule has 40 heavy (non-hydrogen) atoms. The van der Waals surface area contributed by atoms with Gasteiger partial charge in [-0.05, 0) is 62.7 Å². The highest BCUT2D eigenvalue weighted by molar-refractivity contribution is 7.92. The molecule has 0 saturated carbocycles. The van der Waals surface area contributed by atoms with Gasteiger partial charge in [-0.25, -0.2) is 12.8 Å². The molecule has 0 aromatic heterocycles. The Morgan fingerprint density at radius 2 is 1.65 bits per heavy atom. The summed E-state index contributed by atoms with van der Waals surface area (Å²) in [6, 6.07) is 15.4. The van der Waals surface area contributed by atoms with E-state index in [1.54, 1.807) is 13.8 Å². The van der Waals surface area contributed by atoms with Crippen LogP contribution in [0.2, 0.25) is 0 Å². The topological polar surface area (TPSA) is 105 Å². The number of sulfonamides is 1. The van der Waals surface area contributed by atoms with Crippen LogP contribution in [0.1, 0.15) is 25.0 Å². The number of halogens is 1. The maximum Gasteiger partial charge on any atom is 0.264 e. The summed E-state index contributed by atoms with van der Waals surface area (Å²) in [5, 5.41) is 2.72. The van der Waals surface area contributed by atoms with E-state index in [-0.39, 0.29) is 28.8 Å². The summed E-state index contributed by atoms with van der Waals surface area (Å²) >= 11 is 0. The molecule has 1 atom stereocenters. The fourth-order valence-electron chi connectivity index (χ4n) is 4.15. The Morgan fingerprint density at radius 3 is 2.25 bits per heavy atom. The number of anilines is 1. The second-order valence-corrected chi connectivity index (χ2v) is 10.9. The van der Waals surface area contributed by atoms with Crippen molar-refractivity contribution in [2.75, 3.05) is 31.6 Å². The number of amides is 2. The fraction of sp³-hybridized carbons (Fsp3) is 0.310. The number of nitrogens with one attached hydrogen (secondary N) is 1. The number of methoxy groups -OCH3 is 2. The van der Waals surface area contributed by atoms with Gasteiger partial charge in [-0.1, -0.05) is 29.8 Å². The van der Waals surface area contributed by atoms with E-state index in [0.29, 0.717) is 12.3 Å². The van der Waals surface area contributed by atoms with E-state index >= 15 is 0 Å². The molecule has 214 valence electrons. The third-order valence-corrected chi connectivity index (χ3v) is 8.06. The van der Waals surface area contributed by atoms with E-state index in [1.165, 1.54) is 49.5 Å². The van der Waals surface area contributed by atoms with Crippen LogP contribution in [0.4, 0.5) is 10.1 Å². The van der Waals surface area contributed by atoms with Gasteiger partial charge in [0.1, 0.15) is 18.4 Å². The second-order valence-electron chi connectivity index (χ2n) is 9.09. The third-order valence-electron chi connectivity index (χ3n) is 6.29. The number of hydrogen-bond acceptors (Lipinski definition) is 6. The number of nitrogens with zero attached hydrogens (tertiary/aromatic N) is 2. The summed E-state index contributed by atoms with van der Waals surface area (Å²) in [6.45, 7) is 5.07. The van der Waals surface area contributed by atoms with Crippen LogP contribution in [0, 0.1) is 12.7 Å². The Balaban J connectivity index is 2.07. The molecule has 0 fully saturated rings. The molecule has 0 aliphatic carbocycles. The maximum atomic E-state index is 13.9. The Hall–Kier alpha value is -4.12. The zero-order chi connectivity index (χ0) is 29.4. The smallest absolute Gasteiger partial charge is 0.264 e. The van der Waals surface area contributed by atoms with Crippen molar-refractivity contribution in [3.63, 3.8) is 0 Å². The highest BCUT2D eigenvalue weighted by Gasteiger charge is 2.33. The van der Waals surface area contributed by atoms with Crippen molar-refractivity contribution in [3.8, 4) is 11.5 Å². The maximum absolute atomic E-state index is 13.9. The molecule has 0 heterocycles. The van der Waals surface area contributed by atoms with Gasteiger partial charge in [0.2, 0.25) is 11.8 Å². The monoisotopic (exact) mass is 571 g/mol. The summed E-state index contributed by atoms with van der Waals surface area (Å²) in [5.74, 6) is -1.05. The molecule has 0 spiro atoms. The van der Waals surface area contributed by atoms with Crippen molar-refractivity contribution in [1.82, 2.24) is 10.2 Å². The van der Waals surface area contributed by atoms with Crippen molar-refractivity contribution in [2.45, 2.75) is 38.3 Å². The molecule has 3 rings (SSSR count). The van der Waals surface area contributed by atoms with E-state index < -0.39 is 34.3 Å². The van der Waals surface area contributed by atoms with Gasteiger partial charge in [0, 0.05) is 19.2 Å². The van der Waals surface area contributed by atoms with E-state index in [0.717, 1.165) is 27.6 Å². The predicted molar refractivity (Wildman–Crippen MR) is 150 cm³/mol. The van der Waals surface area contributed by atoms with Gasteiger partial charge in [0.15, 0.2) is 11.5 Å². The summed E-state index contributed by atoms with van der Waals surface area (Å²) in [6.07, 6.45) is 0. The molecule has 0 radical (unpaired) electrons. The van der Waals surface area contributed by atoms with Gasteiger partial charge in [0.25, 0.3) is 10.0 Å². The Bertz CT molecular complexity index is 1450. The molecule has 1 N–H and O–H groups in total. The lowest BCUT2D eigenvalue weighted by molar-refractivity contribution is -0.139. The molecule has 0 aliphatic heterocycles. The van der Waals surface area contributed by atoms with Gasteiger partial charge < -0.3 is 19.7 Å². The minimum absolute atomic E-state index is 0.0747. The molecule has 9 nitrogen and oxygen atoms in total. The molecule has 0 saturated heterocycles. The van der Waals surface area contributed by atoms with Crippen molar-refractivity contribution in [1.29, 1.82) is 0 Å². The van der Waals surface area contributed by atoms with Crippen LogP contribution in [0.15, 0.2) is 71.6 Å². The van der Waals surface area contributed by atoms with Gasteiger partial charge in [-0.3, -0.25) is 13.9 Å². The van der Waals surface area contributed by atoms with Crippen LogP contribution < -0.4 is 19.1 Å². The van der Waals surface area contributed by atoms with Crippen LogP contribution in [0.25, 0.3) is 0 Å². The zero-order valence-electron chi connectivity index (χ0n) is 23.2. The first kappa shape index (κ1) is 30.4. The Labute approximate surface area is 234 Å². The van der Waals surface area contributed by atoms with Crippen molar-refractivity contribution in [2.24, 2.45) is 0 Å². The summed E-state index contributed by atoms with van der Waals surface area (Å²) in [7, 11) is -1.56. The third kappa shape index (κ3) is 7.09. The number of rotatable bonds is 12. The highest BCUT2D eigenvalue weighted by atomic mass is 32.2. The molecule has 0 unspecified atom stereocenters.